The first-order valence-electron chi connectivity index (χ1n) is 11.6. The Hall–Kier alpha value is -2.20. The molecular formula is C22H26N2O8. The summed E-state index contributed by atoms with van der Waals surface area (Å²) >= 11 is 0. The predicted molar refractivity (Wildman–Crippen MR) is 103 cm³/mol. The molecule has 0 aromatic rings. The molecule has 10 nitrogen and oxygen atoms in total. The molecule has 32 heavy (non-hydrogen) atoms. The molecule has 0 radical (unpaired) electrons. The van der Waals surface area contributed by atoms with Crippen molar-refractivity contribution in [2.24, 2.45) is 0 Å². The fourth-order valence-corrected chi connectivity index (χ4v) is 7.79. The van der Waals surface area contributed by atoms with Crippen molar-refractivity contribution in [2.75, 3.05) is 0 Å². The summed E-state index contributed by atoms with van der Waals surface area (Å²) < 4.78 is 23.3. The van der Waals surface area contributed by atoms with Gasteiger partial charge in [0.25, 0.3) is 0 Å². The van der Waals surface area contributed by atoms with Crippen LogP contribution in [-0.2, 0) is 38.1 Å². The van der Waals surface area contributed by atoms with Crippen LogP contribution in [0.2, 0.25) is 0 Å². The zero-order valence-corrected chi connectivity index (χ0v) is 18.0. The molecule has 2 spiro atoms. The van der Waals surface area contributed by atoms with Crippen molar-refractivity contribution in [1.29, 1.82) is 0 Å². The fourth-order valence-electron chi connectivity index (χ4n) is 7.79. The maximum atomic E-state index is 13.9. The van der Waals surface area contributed by atoms with Crippen LogP contribution >= 0.6 is 0 Å². The largest absolute Gasteiger partial charge is 0.460 e. The molecule has 5 saturated heterocycles. The number of carbonyl (C=O) groups is 4. The summed E-state index contributed by atoms with van der Waals surface area (Å²) in [6.07, 6.45) is 2.59. The van der Waals surface area contributed by atoms with Crippen LogP contribution in [0, 0.1) is 0 Å². The number of hydrogen-bond acceptors (Lipinski definition) is 8. The Balaban J connectivity index is 1.26. The molecule has 172 valence electrons. The minimum Gasteiger partial charge on any atom is -0.460 e. The van der Waals surface area contributed by atoms with Gasteiger partial charge in [0.15, 0.2) is 0 Å². The lowest BCUT2D eigenvalue weighted by molar-refractivity contribution is -0.171. The molecule has 10 heteroatoms. The van der Waals surface area contributed by atoms with Crippen LogP contribution in [-0.4, -0.2) is 93.3 Å². The highest BCUT2D eigenvalue weighted by Crippen LogP contribution is 2.63. The van der Waals surface area contributed by atoms with Crippen molar-refractivity contribution >= 4 is 23.8 Å². The number of piperazine rings is 1. The van der Waals surface area contributed by atoms with Crippen LogP contribution in [0.25, 0.3) is 0 Å². The van der Waals surface area contributed by atoms with E-state index in [0.717, 1.165) is 12.8 Å². The number of epoxide rings is 2. The van der Waals surface area contributed by atoms with Gasteiger partial charge >= 0.3 is 11.9 Å². The van der Waals surface area contributed by atoms with E-state index in [9.17, 15) is 19.2 Å². The number of carbonyl (C=O) groups excluding carboxylic acids is 4. The average Bonchev–Trinajstić information content (AvgIpc) is 3.52. The van der Waals surface area contributed by atoms with Crippen molar-refractivity contribution in [3.8, 4) is 0 Å². The standard InChI is InChI=1S/C22H26N2O8/c1-9(25)29-13-3-5-15-21(31-15)7-11-20(28)24-12(19(27)23(11)17(13)21)8-22-16(32-22)6-4-14(18(22)24)30-10(2)26/h11-18H,3-8H2,1-2H3/t11-,12-,13-,14-,15+,16+,17+,18+,21+,22+/m0/s1. The minimum absolute atomic E-state index is 0.00804. The third kappa shape index (κ3) is 2.18. The van der Waals surface area contributed by atoms with Gasteiger partial charge in [0.2, 0.25) is 11.8 Å². The zero-order valence-electron chi connectivity index (χ0n) is 18.0. The lowest BCUT2D eigenvalue weighted by Crippen LogP contribution is -2.67. The Morgan fingerprint density at radius 1 is 0.781 bits per heavy atom. The molecule has 2 aliphatic carbocycles. The highest BCUT2D eigenvalue weighted by Gasteiger charge is 2.80. The Kier molecular flexibility index (Phi) is 3.51. The summed E-state index contributed by atoms with van der Waals surface area (Å²) in [6.45, 7) is 2.73. The van der Waals surface area contributed by atoms with Gasteiger partial charge in [-0.15, -0.1) is 0 Å². The van der Waals surface area contributed by atoms with E-state index < -0.39 is 59.5 Å². The van der Waals surface area contributed by atoms with Gasteiger partial charge in [0, 0.05) is 26.7 Å². The third-order valence-electron chi connectivity index (χ3n) is 8.84. The maximum absolute atomic E-state index is 13.9. The summed E-state index contributed by atoms with van der Waals surface area (Å²) in [4.78, 5) is 54.6. The van der Waals surface area contributed by atoms with E-state index >= 15 is 0 Å². The van der Waals surface area contributed by atoms with E-state index in [1.54, 1.807) is 9.80 Å². The summed E-state index contributed by atoms with van der Waals surface area (Å²) in [5, 5.41) is 0. The third-order valence-corrected chi connectivity index (χ3v) is 8.84. The van der Waals surface area contributed by atoms with Gasteiger partial charge in [0.1, 0.15) is 47.6 Å². The van der Waals surface area contributed by atoms with Gasteiger partial charge < -0.3 is 28.7 Å². The van der Waals surface area contributed by atoms with Gasteiger partial charge in [-0.2, -0.15) is 0 Å². The summed E-state index contributed by atoms with van der Waals surface area (Å²) in [6, 6.07) is -2.18. The van der Waals surface area contributed by atoms with E-state index in [4.69, 9.17) is 18.9 Å². The number of rotatable bonds is 2. The van der Waals surface area contributed by atoms with Gasteiger partial charge in [-0.3, -0.25) is 19.2 Å². The van der Waals surface area contributed by atoms with Gasteiger partial charge in [-0.1, -0.05) is 0 Å². The molecule has 7 rings (SSSR count). The monoisotopic (exact) mass is 446 g/mol. The lowest BCUT2D eigenvalue weighted by Gasteiger charge is -2.45. The normalized spacial score (nSPS) is 51.6. The molecule has 5 aliphatic heterocycles. The lowest BCUT2D eigenvalue weighted by atomic mass is 9.81. The molecule has 7 aliphatic rings. The second kappa shape index (κ2) is 5.83. The van der Waals surface area contributed by atoms with E-state index in [2.05, 4.69) is 0 Å². The molecule has 0 aromatic carbocycles. The van der Waals surface area contributed by atoms with E-state index in [0.29, 0.717) is 25.7 Å². The molecule has 0 N–H and O–H groups in total. The zero-order chi connectivity index (χ0) is 22.2. The van der Waals surface area contributed by atoms with Gasteiger partial charge in [-0.05, 0) is 25.7 Å². The molecule has 2 saturated carbocycles. The van der Waals surface area contributed by atoms with Crippen LogP contribution in [0.1, 0.15) is 52.4 Å². The smallest absolute Gasteiger partial charge is 0.302 e. The van der Waals surface area contributed by atoms with Crippen molar-refractivity contribution in [3.05, 3.63) is 0 Å². The molecule has 2 amide bonds. The number of esters is 2. The minimum atomic E-state index is -0.655. The highest BCUT2D eigenvalue weighted by atomic mass is 16.6. The van der Waals surface area contributed by atoms with E-state index in [-0.39, 0.29) is 24.0 Å². The number of amides is 2. The topological polar surface area (TPSA) is 118 Å². The van der Waals surface area contributed by atoms with Crippen LogP contribution in [0.15, 0.2) is 0 Å². The molecule has 7 fully saturated rings. The van der Waals surface area contributed by atoms with Gasteiger partial charge in [0.05, 0.1) is 12.2 Å². The van der Waals surface area contributed by atoms with E-state index in [1.807, 2.05) is 0 Å². The SMILES string of the molecule is CC(=O)O[C@H]1CC[C@H]2O[C@]23C[C@H]2C(=O)N4[C@@H](C[C@@]56O[C@@H]5CC[C@H](OC(C)=O)[C@@H]46)C(=O)N2[C@H]13. The van der Waals surface area contributed by atoms with E-state index in [1.165, 1.54) is 13.8 Å². The number of hydrogen-bond donors (Lipinski definition) is 0. The van der Waals surface area contributed by atoms with Gasteiger partial charge in [-0.25, -0.2) is 0 Å². The number of nitrogens with zero attached hydrogens (tertiary/aromatic N) is 2. The second-order valence-electron chi connectivity index (χ2n) is 10.4. The first-order valence-corrected chi connectivity index (χ1v) is 11.6. The first-order chi connectivity index (χ1) is 15.3. The van der Waals surface area contributed by atoms with Crippen molar-refractivity contribution < 1.29 is 38.1 Å². The van der Waals surface area contributed by atoms with Crippen molar-refractivity contribution in [1.82, 2.24) is 9.80 Å². The number of ether oxygens (including phenoxy) is 4. The predicted octanol–water partition coefficient (Wildman–Crippen LogP) is -0.335. The maximum Gasteiger partial charge on any atom is 0.302 e. The Labute approximate surface area is 184 Å². The molecule has 0 bridgehead atoms. The summed E-state index contributed by atoms with van der Waals surface area (Å²) in [5.74, 6) is -1.06. The Bertz CT molecular complexity index is 894. The highest BCUT2D eigenvalue weighted by molar-refractivity contribution is 5.99. The first kappa shape index (κ1) is 19.3. The molecule has 10 atom stereocenters. The van der Waals surface area contributed by atoms with Crippen LogP contribution < -0.4 is 0 Å². The summed E-state index contributed by atoms with van der Waals surface area (Å²) in [7, 11) is 0. The average molecular weight is 446 g/mol. The molecular weight excluding hydrogens is 420 g/mol. The summed E-state index contributed by atoms with van der Waals surface area (Å²) in [5.41, 5.74) is -1.21. The quantitative estimate of drug-likeness (QED) is 0.418. The van der Waals surface area contributed by atoms with Crippen molar-refractivity contribution in [3.63, 3.8) is 0 Å². The van der Waals surface area contributed by atoms with Crippen molar-refractivity contribution in [2.45, 2.75) is 112 Å². The van der Waals surface area contributed by atoms with Crippen LogP contribution in [0.3, 0.4) is 0 Å². The Morgan fingerprint density at radius 3 is 1.56 bits per heavy atom. The fraction of sp³-hybridized carbons (Fsp3) is 0.818. The Morgan fingerprint density at radius 2 is 1.19 bits per heavy atom. The molecule has 0 aromatic heterocycles. The number of fused-ring (bicyclic) bond motifs is 4. The molecule has 5 heterocycles. The second-order valence-corrected chi connectivity index (χ2v) is 10.4. The van der Waals surface area contributed by atoms with Crippen LogP contribution in [0.5, 0.6) is 0 Å². The molecule has 0 unspecified atom stereocenters. The van der Waals surface area contributed by atoms with Crippen LogP contribution in [0.4, 0.5) is 0 Å².